The number of halogens is 1. The van der Waals surface area contributed by atoms with Gasteiger partial charge in [0.15, 0.2) is 0 Å². The van der Waals surface area contributed by atoms with E-state index in [2.05, 4.69) is 4.98 Å². The Labute approximate surface area is 121 Å². The van der Waals surface area contributed by atoms with E-state index in [4.69, 9.17) is 4.42 Å². The molecule has 102 valence electrons. The average Bonchev–Trinajstić information content (AvgIpc) is 3.08. The molecular formula is C14H10FNO2S2. The number of rotatable bonds is 4. The quantitative estimate of drug-likeness (QED) is 0.735. The maximum Gasteiger partial charge on any atom is 0.236 e. The van der Waals surface area contributed by atoms with Crippen molar-refractivity contribution in [1.29, 1.82) is 0 Å². The highest BCUT2D eigenvalue weighted by atomic mass is 32.2. The Bertz CT molecular complexity index is 737. The molecule has 2 heterocycles. The van der Waals surface area contributed by atoms with Crippen molar-refractivity contribution in [2.75, 3.05) is 0 Å². The number of hydrogen-bond acceptors (Lipinski definition) is 4. The summed E-state index contributed by atoms with van der Waals surface area (Å²) in [5.74, 6) is 0.333. The molecule has 0 fully saturated rings. The Hall–Kier alpha value is -1.79. The summed E-state index contributed by atoms with van der Waals surface area (Å²) in [6, 6.07) is 9.60. The van der Waals surface area contributed by atoms with Gasteiger partial charge >= 0.3 is 0 Å². The van der Waals surface area contributed by atoms with Crippen LogP contribution in [0.25, 0.3) is 10.8 Å². The summed E-state index contributed by atoms with van der Waals surface area (Å²) >= 11 is 1.52. The van der Waals surface area contributed by atoms with E-state index in [9.17, 15) is 8.60 Å². The Morgan fingerprint density at radius 1 is 1.30 bits per heavy atom. The first-order chi connectivity index (χ1) is 9.72. The number of oxazole rings is 1. The number of hydrogen-bond donors (Lipinski definition) is 0. The lowest BCUT2D eigenvalue weighted by atomic mass is 10.4. The van der Waals surface area contributed by atoms with Crippen LogP contribution in [0.1, 0.15) is 5.69 Å². The van der Waals surface area contributed by atoms with Gasteiger partial charge in [0.1, 0.15) is 12.1 Å². The van der Waals surface area contributed by atoms with Crippen LogP contribution in [-0.4, -0.2) is 9.19 Å². The summed E-state index contributed by atoms with van der Waals surface area (Å²) in [6.07, 6.45) is 1.49. The molecule has 0 bridgehead atoms. The minimum absolute atomic E-state index is 0.207. The van der Waals surface area contributed by atoms with Crippen LogP contribution in [0.5, 0.6) is 0 Å². The predicted molar refractivity (Wildman–Crippen MR) is 76.3 cm³/mol. The van der Waals surface area contributed by atoms with E-state index in [1.165, 1.54) is 29.7 Å². The van der Waals surface area contributed by atoms with Gasteiger partial charge in [-0.2, -0.15) is 0 Å². The van der Waals surface area contributed by atoms with Crippen LogP contribution >= 0.6 is 11.3 Å². The van der Waals surface area contributed by atoms with Crippen molar-refractivity contribution in [3.8, 4) is 10.8 Å². The van der Waals surface area contributed by atoms with Gasteiger partial charge in [-0.05, 0) is 29.6 Å². The molecule has 2 aromatic heterocycles. The third-order valence-electron chi connectivity index (χ3n) is 2.62. The van der Waals surface area contributed by atoms with Crippen LogP contribution < -0.4 is 0 Å². The van der Waals surface area contributed by atoms with Crippen LogP contribution in [-0.2, 0) is 16.6 Å². The number of nitrogens with zero attached hydrogens (tertiary/aromatic N) is 1. The topological polar surface area (TPSA) is 43.1 Å². The van der Waals surface area contributed by atoms with E-state index < -0.39 is 16.6 Å². The van der Waals surface area contributed by atoms with Crippen molar-refractivity contribution in [3.05, 3.63) is 59.6 Å². The van der Waals surface area contributed by atoms with Crippen LogP contribution in [0, 0.1) is 5.82 Å². The third-order valence-corrected chi connectivity index (χ3v) is 4.82. The zero-order valence-corrected chi connectivity index (χ0v) is 11.9. The molecule has 3 nitrogen and oxygen atoms in total. The molecular weight excluding hydrogens is 297 g/mol. The van der Waals surface area contributed by atoms with Crippen LogP contribution in [0.15, 0.2) is 57.4 Å². The summed E-state index contributed by atoms with van der Waals surface area (Å²) in [6.45, 7) is 0. The fourth-order valence-electron chi connectivity index (χ4n) is 1.71. The minimum Gasteiger partial charge on any atom is -0.444 e. The first-order valence-electron chi connectivity index (χ1n) is 5.84. The molecule has 0 aliphatic heterocycles. The fourth-order valence-corrected chi connectivity index (χ4v) is 3.41. The monoisotopic (exact) mass is 307 g/mol. The molecule has 0 aliphatic carbocycles. The SMILES string of the molecule is O=[S@](Cc1coc(-c2cccs2)n1)c1cccc(F)c1. The summed E-state index contributed by atoms with van der Waals surface area (Å²) in [5.41, 5.74) is 0.594. The van der Waals surface area contributed by atoms with E-state index in [1.807, 2.05) is 17.5 Å². The molecule has 3 aromatic rings. The maximum atomic E-state index is 13.1. The van der Waals surface area contributed by atoms with Gasteiger partial charge < -0.3 is 4.42 Å². The van der Waals surface area contributed by atoms with Gasteiger partial charge in [-0.15, -0.1) is 11.3 Å². The molecule has 0 N–H and O–H groups in total. The first kappa shape index (κ1) is 13.2. The second kappa shape index (κ2) is 5.68. The van der Waals surface area contributed by atoms with E-state index in [0.29, 0.717) is 16.5 Å². The number of thiophene rings is 1. The molecule has 1 atom stereocenters. The molecule has 6 heteroatoms. The molecule has 0 aliphatic rings. The highest BCUT2D eigenvalue weighted by Gasteiger charge is 2.12. The van der Waals surface area contributed by atoms with Gasteiger partial charge in [0.2, 0.25) is 5.89 Å². The summed E-state index contributed by atoms with van der Waals surface area (Å²) in [4.78, 5) is 5.67. The zero-order valence-electron chi connectivity index (χ0n) is 10.3. The van der Waals surface area contributed by atoms with Gasteiger partial charge in [-0.3, -0.25) is 4.21 Å². The minimum atomic E-state index is -1.34. The average molecular weight is 307 g/mol. The highest BCUT2D eigenvalue weighted by molar-refractivity contribution is 7.84. The molecule has 3 rings (SSSR count). The fraction of sp³-hybridized carbons (Fsp3) is 0.0714. The third kappa shape index (κ3) is 2.86. The predicted octanol–water partition coefficient (Wildman–Crippen LogP) is 3.85. The molecule has 0 spiro atoms. The van der Waals surface area contributed by atoms with Gasteiger partial charge in [-0.1, -0.05) is 12.1 Å². The van der Waals surface area contributed by atoms with Crippen LogP contribution in [0.3, 0.4) is 0 Å². The Kier molecular flexibility index (Phi) is 3.75. The lowest BCUT2D eigenvalue weighted by Crippen LogP contribution is -1.97. The second-order valence-electron chi connectivity index (χ2n) is 4.07. The molecule has 0 saturated carbocycles. The molecule has 1 aromatic carbocycles. The molecule has 0 unspecified atom stereocenters. The molecule has 0 amide bonds. The van der Waals surface area contributed by atoms with Gasteiger partial charge in [0, 0.05) is 4.90 Å². The first-order valence-corrected chi connectivity index (χ1v) is 8.04. The van der Waals surface area contributed by atoms with Crippen molar-refractivity contribution < 1.29 is 13.0 Å². The zero-order chi connectivity index (χ0) is 13.9. The largest absolute Gasteiger partial charge is 0.444 e. The Morgan fingerprint density at radius 3 is 2.95 bits per heavy atom. The smallest absolute Gasteiger partial charge is 0.236 e. The van der Waals surface area contributed by atoms with E-state index in [-0.39, 0.29) is 5.75 Å². The van der Waals surface area contributed by atoms with Crippen molar-refractivity contribution in [2.24, 2.45) is 0 Å². The van der Waals surface area contributed by atoms with Gasteiger partial charge in [0.05, 0.1) is 27.1 Å². The van der Waals surface area contributed by atoms with E-state index >= 15 is 0 Å². The Morgan fingerprint density at radius 2 is 2.20 bits per heavy atom. The van der Waals surface area contributed by atoms with Gasteiger partial charge in [-0.25, -0.2) is 9.37 Å². The van der Waals surface area contributed by atoms with Crippen molar-refractivity contribution >= 4 is 22.1 Å². The maximum absolute atomic E-state index is 13.1. The summed E-state index contributed by atoms with van der Waals surface area (Å²) in [7, 11) is -1.34. The van der Waals surface area contributed by atoms with Crippen molar-refractivity contribution in [1.82, 2.24) is 4.98 Å². The standard InChI is InChI=1S/C14H10FNO2S2/c15-10-3-1-4-12(7-10)20(17)9-11-8-18-14(16-11)13-5-2-6-19-13/h1-8H,9H2/t20-/m1/s1. The van der Waals surface area contributed by atoms with Crippen molar-refractivity contribution in [2.45, 2.75) is 10.6 Å². The van der Waals surface area contributed by atoms with Crippen LogP contribution in [0.4, 0.5) is 4.39 Å². The normalized spacial score (nSPS) is 12.4. The van der Waals surface area contributed by atoms with Crippen molar-refractivity contribution in [3.63, 3.8) is 0 Å². The molecule has 0 radical (unpaired) electrons. The Balaban J connectivity index is 1.77. The lowest BCUT2D eigenvalue weighted by Gasteiger charge is -1.99. The number of aromatic nitrogens is 1. The second-order valence-corrected chi connectivity index (χ2v) is 6.47. The summed E-state index contributed by atoms with van der Waals surface area (Å²) < 4.78 is 30.6. The molecule has 0 saturated heterocycles. The van der Waals surface area contributed by atoms with Crippen LogP contribution in [0.2, 0.25) is 0 Å². The van der Waals surface area contributed by atoms with Gasteiger partial charge in [0.25, 0.3) is 0 Å². The molecule has 20 heavy (non-hydrogen) atoms. The highest BCUT2D eigenvalue weighted by Crippen LogP contribution is 2.24. The van der Waals surface area contributed by atoms with E-state index in [0.717, 1.165) is 4.88 Å². The number of benzene rings is 1. The lowest BCUT2D eigenvalue weighted by molar-refractivity contribution is 0.574. The summed E-state index contributed by atoms with van der Waals surface area (Å²) in [5, 5.41) is 1.93. The van der Waals surface area contributed by atoms with E-state index in [1.54, 1.807) is 12.1 Å².